The molecule has 0 aromatic carbocycles. The zero-order valence-corrected chi connectivity index (χ0v) is 16.5. The minimum absolute atomic E-state index is 0.0958. The van der Waals surface area contributed by atoms with Crippen LogP contribution in [-0.4, -0.2) is 66.4 Å². The van der Waals surface area contributed by atoms with Gasteiger partial charge in [-0.2, -0.15) is 0 Å². The summed E-state index contributed by atoms with van der Waals surface area (Å²) in [6.45, 7) is 5.64. The van der Waals surface area contributed by atoms with Crippen LogP contribution >= 0.6 is 0 Å². The number of rotatable bonds is 4. The molecule has 2 unspecified atom stereocenters. The van der Waals surface area contributed by atoms with Crippen LogP contribution < -0.4 is 10.6 Å². The lowest BCUT2D eigenvalue weighted by molar-refractivity contribution is -0.136. The van der Waals surface area contributed by atoms with Crippen LogP contribution in [0.25, 0.3) is 0 Å². The fourth-order valence-electron chi connectivity index (χ4n) is 4.64. The van der Waals surface area contributed by atoms with Gasteiger partial charge in [-0.05, 0) is 57.5 Å². The molecule has 0 bridgehead atoms. The van der Waals surface area contributed by atoms with E-state index in [1.165, 1.54) is 6.42 Å². The number of carbonyl (C=O) groups excluding carboxylic acids is 3. The average Bonchev–Trinajstić information content (AvgIpc) is 3.18. The number of imide groups is 1. The van der Waals surface area contributed by atoms with Crippen molar-refractivity contribution in [3.63, 3.8) is 0 Å². The van der Waals surface area contributed by atoms with E-state index in [1.807, 2.05) is 9.80 Å². The van der Waals surface area contributed by atoms with Crippen LogP contribution in [0.3, 0.4) is 0 Å². The zero-order valence-electron chi connectivity index (χ0n) is 16.5. The maximum Gasteiger partial charge on any atom is 0.321 e. The maximum atomic E-state index is 12.5. The molecule has 0 radical (unpaired) electrons. The van der Waals surface area contributed by atoms with Crippen LogP contribution in [0.2, 0.25) is 0 Å². The molecule has 1 saturated carbocycles. The summed E-state index contributed by atoms with van der Waals surface area (Å²) in [6.07, 6.45) is 8.30. The summed E-state index contributed by atoms with van der Waals surface area (Å²) < 4.78 is 0. The largest absolute Gasteiger partial charge is 0.342 e. The van der Waals surface area contributed by atoms with Crippen LogP contribution in [0, 0.1) is 11.8 Å². The minimum atomic E-state index is -0.377. The average molecular weight is 379 g/mol. The number of piperidine rings is 1. The van der Waals surface area contributed by atoms with Gasteiger partial charge < -0.3 is 10.2 Å². The molecular weight excluding hydrogens is 344 g/mol. The molecule has 3 fully saturated rings. The van der Waals surface area contributed by atoms with Gasteiger partial charge in [0.25, 0.3) is 0 Å². The van der Waals surface area contributed by atoms with E-state index in [0.717, 1.165) is 71.1 Å². The molecule has 4 amide bonds. The third-order valence-electron chi connectivity index (χ3n) is 6.40. The number of hydrogen-bond acceptors (Lipinski definition) is 4. The number of hydrogen-bond donors (Lipinski definition) is 2. The zero-order chi connectivity index (χ0) is 19.2. The van der Waals surface area contributed by atoms with Crippen molar-refractivity contribution in [2.24, 2.45) is 11.8 Å². The van der Waals surface area contributed by atoms with E-state index >= 15 is 0 Å². The number of nitrogens with one attached hydrogen (secondary N) is 2. The number of likely N-dealkylation sites (tertiary alicyclic amines) is 2. The van der Waals surface area contributed by atoms with Crippen LogP contribution in [-0.2, 0) is 9.59 Å². The molecule has 3 rings (SSSR count). The molecule has 0 spiro atoms. The second-order valence-electron chi connectivity index (χ2n) is 8.47. The van der Waals surface area contributed by atoms with Gasteiger partial charge in [0, 0.05) is 25.0 Å². The third-order valence-corrected chi connectivity index (χ3v) is 6.40. The van der Waals surface area contributed by atoms with Gasteiger partial charge in [-0.3, -0.25) is 19.8 Å². The Morgan fingerprint density at radius 1 is 0.889 bits per heavy atom. The van der Waals surface area contributed by atoms with Crippen molar-refractivity contribution < 1.29 is 14.4 Å². The third kappa shape index (κ3) is 5.67. The van der Waals surface area contributed by atoms with Gasteiger partial charge in [-0.15, -0.1) is 0 Å². The van der Waals surface area contributed by atoms with Crippen molar-refractivity contribution in [3.05, 3.63) is 0 Å². The van der Waals surface area contributed by atoms with Gasteiger partial charge in [0.05, 0.1) is 6.54 Å². The van der Waals surface area contributed by atoms with Crippen LogP contribution in [0.15, 0.2) is 0 Å². The fourth-order valence-corrected chi connectivity index (χ4v) is 4.64. The number of urea groups is 1. The molecule has 1 aliphatic carbocycles. The van der Waals surface area contributed by atoms with Crippen LogP contribution in [0.1, 0.15) is 58.3 Å². The molecule has 0 aromatic rings. The van der Waals surface area contributed by atoms with E-state index < -0.39 is 0 Å². The Morgan fingerprint density at radius 2 is 1.56 bits per heavy atom. The first-order chi connectivity index (χ1) is 13.0. The predicted octanol–water partition coefficient (Wildman–Crippen LogP) is 1.73. The highest BCUT2D eigenvalue weighted by Gasteiger charge is 2.30. The molecule has 0 aromatic heterocycles. The van der Waals surface area contributed by atoms with Crippen LogP contribution in [0.5, 0.6) is 0 Å². The number of nitrogens with zero attached hydrogens (tertiary/aromatic N) is 2. The monoisotopic (exact) mass is 378 g/mol. The van der Waals surface area contributed by atoms with Gasteiger partial charge in [0.15, 0.2) is 0 Å². The molecular formula is C20H34N4O3. The maximum absolute atomic E-state index is 12.5. The quantitative estimate of drug-likeness (QED) is 0.781. The van der Waals surface area contributed by atoms with Crippen molar-refractivity contribution in [2.45, 2.75) is 64.3 Å². The Hall–Kier alpha value is -1.63. The lowest BCUT2D eigenvalue weighted by Crippen LogP contribution is -2.51. The van der Waals surface area contributed by atoms with Crippen molar-refractivity contribution in [1.29, 1.82) is 0 Å². The lowest BCUT2D eigenvalue weighted by atomic mass is 9.86. The standard InChI is InChI=1S/C20H34N4O3/c1-15-6-2-3-7-17(15)21-20(27)22-18(25)14-23-12-8-16(9-13-23)19(26)24-10-4-5-11-24/h15-17H,2-14H2,1H3,(H2,21,22,25,27). The van der Waals surface area contributed by atoms with Gasteiger partial charge in [0.1, 0.15) is 0 Å². The molecule has 2 atom stereocenters. The highest BCUT2D eigenvalue weighted by molar-refractivity contribution is 5.95. The first-order valence-corrected chi connectivity index (χ1v) is 10.6. The van der Waals surface area contributed by atoms with Crippen molar-refractivity contribution >= 4 is 17.8 Å². The van der Waals surface area contributed by atoms with E-state index in [-0.39, 0.29) is 36.3 Å². The number of amides is 4. The smallest absolute Gasteiger partial charge is 0.321 e. The van der Waals surface area contributed by atoms with E-state index in [0.29, 0.717) is 5.92 Å². The molecule has 2 N–H and O–H groups in total. The molecule has 27 heavy (non-hydrogen) atoms. The second-order valence-corrected chi connectivity index (χ2v) is 8.47. The SMILES string of the molecule is CC1CCCCC1NC(=O)NC(=O)CN1CCC(C(=O)N2CCCC2)CC1. The summed E-state index contributed by atoms with van der Waals surface area (Å²) in [5.74, 6) is 0.586. The summed E-state index contributed by atoms with van der Waals surface area (Å²) >= 11 is 0. The first-order valence-electron chi connectivity index (χ1n) is 10.6. The van der Waals surface area contributed by atoms with Gasteiger partial charge in [-0.25, -0.2) is 4.79 Å². The molecule has 7 heteroatoms. The van der Waals surface area contributed by atoms with E-state index in [4.69, 9.17) is 0 Å². The predicted molar refractivity (Wildman–Crippen MR) is 103 cm³/mol. The Balaban J connectivity index is 1.35. The van der Waals surface area contributed by atoms with E-state index in [2.05, 4.69) is 17.6 Å². The summed E-state index contributed by atoms with van der Waals surface area (Å²) in [4.78, 5) is 40.8. The van der Waals surface area contributed by atoms with Gasteiger partial charge >= 0.3 is 6.03 Å². The van der Waals surface area contributed by atoms with Crippen molar-refractivity contribution in [2.75, 3.05) is 32.7 Å². The van der Waals surface area contributed by atoms with E-state index in [1.54, 1.807) is 0 Å². The summed E-state index contributed by atoms with van der Waals surface area (Å²) in [5, 5.41) is 5.42. The van der Waals surface area contributed by atoms with Crippen molar-refractivity contribution in [3.8, 4) is 0 Å². The lowest BCUT2D eigenvalue weighted by Gasteiger charge is -2.32. The highest BCUT2D eigenvalue weighted by atomic mass is 16.2. The molecule has 2 saturated heterocycles. The molecule has 3 aliphatic rings. The Kier molecular flexibility index (Phi) is 7.10. The summed E-state index contributed by atoms with van der Waals surface area (Å²) in [6, 6.07) is -0.211. The highest BCUT2D eigenvalue weighted by Crippen LogP contribution is 2.24. The van der Waals surface area contributed by atoms with E-state index in [9.17, 15) is 14.4 Å². The minimum Gasteiger partial charge on any atom is -0.342 e. The summed E-state index contributed by atoms with van der Waals surface area (Å²) in [5.41, 5.74) is 0. The van der Waals surface area contributed by atoms with Crippen LogP contribution in [0.4, 0.5) is 4.79 Å². The first kappa shape index (κ1) is 20.1. The van der Waals surface area contributed by atoms with Crippen molar-refractivity contribution in [1.82, 2.24) is 20.4 Å². The Labute approximate surface area is 162 Å². The number of carbonyl (C=O) groups is 3. The molecule has 2 aliphatic heterocycles. The Bertz CT molecular complexity index is 539. The molecule has 152 valence electrons. The normalized spacial score (nSPS) is 27.4. The van der Waals surface area contributed by atoms with Gasteiger partial charge in [0.2, 0.25) is 11.8 Å². The topological polar surface area (TPSA) is 81.8 Å². The molecule has 7 nitrogen and oxygen atoms in total. The Morgan fingerprint density at radius 3 is 2.22 bits per heavy atom. The van der Waals surface area contributed by atoms with Gasteiger partial charge in [-0.1, -0.05) is 19.8 Å². The fraction of sp³-hybridized carbons (Fsp3) is 0.850. The second kappa shape index (κ2) is 9.53. The summed E-state index contributed by atoms with van der Waals surface area (Å²) in [7, 11) is 0. The molecule has 2 heterocycles.